The number of rotatable bonds is 4. The maximum atomic E-state index is 12.1. The van der Waals surface area contributed by atoms with Crippen LogP contribution in [0.5, 0.6) is 5.75 Å². The highest BCUT2D eigenvalue weighted by Crippen LogP contribution is 2.27. The van der Waals surface area contributed by atoms with Crippen LogP contribution in [0, 0.1) is 0 Å². The first-order valence-corrected chi connectivity index (χ1v) is 6.44. The van der Waals surface area contributed by atoms with Crippen molar-refractivity contribution >= 4 is 23.2 Å². The molecule has 3 N–H and O–H groups in total. The fourth-order valence-electron chi connectivity index (χ4n) is 1.75. The first-order valence-electron chi connectivity index (χ1n) is 6.06. The summed E-state index contributed by atoms with van der Waals surface area (Å²) in [5.74, 6) is 0.282. The van der Waals surface area contributed by atoms with Gasteiger partial charge in [0.25, 0.3) is 0 Å². The van der Waals surface area contributed by atoms with E-state index in [-0.39, 0.29) is 5.91 Å². The maximum absolute atomic E-state index is 12.1. The second kappa shape index (κ2) is 6.41. The van der Waals surface area contributed by atoms with Crippen LogP contribution in [0.4, 0.5) is 5.69 Å². The van der Waals surface area contributed by atoms with Crippen molar-refractivity contribution in [1.82, 2.24) is 0 Å². The van der Waals surface area contributed by atoms with Gasteiger partial charge in [0.15, 0.2) is 0 Å². The largest absolute Gasteiger partial charge is 0.497 e. The van der Waals surface area contributed by atoms with E-state index in [4.69, 9.17) is 22.1 Å². The van der Waals surface area contributed by atoms with Gasteiger partial charge in [-0.25, -0.2) is 0 Å². The molecule has 0 aliphatic rings. The molecule has 0 aliphatic carbocycles. The van der Waals surface area contributed by atoms with Crippen molar-refractivity contribution in [1.29, 1.82) is 0 Å². The van der Waals surface area contributed by atoms with Gasteiger partial charge in [-0.15, -0.1) is 0 Å². The lowest BCUT2D eigenvalue weighted by Gasteiger charge is -2.14. The van der Waals surface area contributed by atoms with Gasteiger partial charge in [-0.05, 0) is 17.7 Å². The number of nitrogens with two attached hydrogens (primary N) is 1. The van der Waals surface area contributed by atoms with Gasteiger partial charge in [-0.3, -0.25) is 4.79 Å². The van der Waals surface area contributed by atoms with E-state index in [1.165, 1.54) is 0 Å². The number of hydrogen-bond acceptors (Lipinski definition) is 3. The summed E-state index contributed by atoms with van der Waals surface area (Å²) in [6, 6.07) is 13.4. The quantitative estimate of drug-likeness (QED) is 0.910. The van der Waals surface area contributed by atoms with E-state index in [0.29, 0.717) is 16.5 Å². The molecule has 0 aliphatic heterocycles. The molecule has 0 fully saturated rings. The lowest BCUT2D eigenvalue weighted by Crippen LogP contribution is -2.27. The standard InChI is InChI=1S/C15H15ClN2O2/c1-20-11-7-8-12(16)13(9-11)18-15(19)14(17)10-5-3-2-4-6-10/h2-9,14H,17H2,1H3,(H,18,19)/t14-/m1/s1. The van der Waals surface area contributed by atoms with Crippen molar-refractivity contribution in [3.63, 3.8) is 0 Å². The molecule has 0 radical (unpaired) electrons. The van der Waals surface area contributed by atoms with Crippen LogP contribution in [0.3, 0.4) is 0 Å². The van der Waals surface area contributed by atoms with Crippen LogP contribution in [0.2, 0.25) is 5.02 Å². The zero-order chi connectivity index (χ0) is 14.5. The summed E-state index contributed by atoms with van der Waals surface area (Å²) in [4.78, 5) is 12.1. The first kappa shape index (κ1) is 14.4. The number of anilines is 1. The molecule has 0 saturated heterocycles. The molecule has 20 heavy (non-hydrogen) atoms. The third kappa shape index (κ3) is 3.29. The zero-order valence-electron chi connectivity index (χ0n) is 11.0. The molecule has 2 rings (SSSR count). The highest BCUT2D eigenvalue weighted by atomic mass is 35.5. The molecule has 1 atom stereocenters. The monoisotopic (exact) mass is 290 g/mol. The molecular formula is C15H15ClN2O2. The molecule has 0 heterocycles. The van der Waals surface area contributed by atoms with Crippen molar-refractivity contribution in [3.05, 3.63) is 59.1 Å². The minimum atomic E-state index is -0.751. The third-order valence-corrected chi connectivity index (χ3v) is 3.20. The topological polar surface area (TPSA) is 64.3 Å². The Bertz CT molecular complexity index is 602. The Labute approximate surface area is 122 Å². The van der Waals surface area contributed by atoms with Crippen LogP contribution in [0.1, 0.15) is 11.6 Å². The predicted octanol–water partition coefficient (Wildman–Crippen LogP) is 2.99. The second-order valence-corrected chi connectivity index (χ2v) is 4.63. The normalized spacial score (nSPS) is 11.8. The molecule has 0 aromatic heterocycles. The Morgan fingerprint density at radius 2 is 1.95 bits per heavy atom. The van der Waals surface area contributed by atoms with E-state index in [1.807, 2.05) is 18.2 Å². The molecule has 0 saturated carbocycles. The Kier molecular flexibility index (Phi) is 4.61. The minimum Gasteiger partial charge on any atom is -0.497 e. The van der Waals surface area contributed by atoms with Crippen molar-refractivity contribution < 1.29 is 9.53 Å². The molecule has 4 nitrogen and oxygen atoms in total. The molecule has 2 aromatic carbocycles. The van der Waals surface area contributed by atoms with E-state index >= 15 is 0 Å². The van der Waals surface area contributed by atoms with Gasteiger partial charge in [-0.2, -0.15) is 0 Å². The zero-order valence-corrected chi connectivity index (χ0v) is 11.7. The van der Waals surface area contributed by atoms with Crippen LogP contribution in [-0.4, -0.2) is 13.0 Å². The van der Waals surface area contributed by atoms with Crippen molar-refractivity contribution in [2.45, 2.75) is 6.04 Å². The van der Waals surface area contributed by atoms with Gasteiger partial charge >= 0.3 is 0 Å². The summed E-state index contributed by atoms with van der Waals surface area (Å²) in [7, 11) is 1.55. The van der Waals surface area contributed by atoms with E-state index in [2.05, 4.69) is 5.32 Å². The van der Waals surface area contributed by atoms with Crippen LogP contribution in [0.25, 0.3) is 0 Å². The number of ether oxygens (including phenoxy) is 1. The van der Waals surface area contributed by atoms with Crippen molar-refractivity contribution in [3.8, 4) is 5.75 Å². The predicted molar refractivity (Wildman–Crippen MR) is 80.0 cm³/mol. The van der Waals surface area contributed by atoms with E-state index in [0.717, 1.165) is 5.56 Å². The number of methoxy groups -OCH3 is 1. The van der Waals surface area contributed by atoms with E-state index < -0.39 is 6.04 Å². The smallest absolute Gasteiger partial charge is 0.245 e. The van der Waals surface area contributed by atoms with Crippen molar-refractivity contribution in [2.75, 3.05) is 12.4 Å². The van der Waals surface area contributed by atoms with Gasteiger partial charge < -0.3 is 15.8 Å². The summed E-state index contributed by atoms with van der Waals surface area (Å²) in [5, 5.41) is 3.14. The molecule has 0 spiro atoms. The highest BCUT2D eigenvalue weighted by molar-refractivity contribution is 6.33. The lowest BCUT2D eigenvalue weighted by atomic mass is 10.1. The third-order valence-electron chi connectivity index (χ3n) is 2.87. The minimum absolute atomic E-state index is 0.327. The van der Waals surface area contributed by atoms with Gasteiger partial charge in [-0.1, -0.05) is 41.9 Å². The molecule has 0 bridgehead atoms. The number of carbonyl (C=O) groups is 1. The van der Waals surface area contributed by atoms with E-state index in [1.54, 1.807) is 37.4 Å². The van der Waals surface area contributed by atoms with Crippen LogP contribution < -0.4 is 15.8 Å². The number of amides is 1. The SMILES string of the molecule is COc1ccc(Cl)c(NC(=O)[C@H](N)c2ccccc2)c1. The summed E-state index contributed by atoms with van der Waals surface area (Å²) >= 11 is 6.04. The van der Waals surface area contributed by atoms with Gasteiger partial charge in [0.1, 0.15) is 11.8 Å². The Balaban J connectivity index is 2.15. The Morgan fingerprint density at radius 3 is 2.60 bits per heavy atom. The summed E-state index contributed by atoms with van der Waals surface area (Å²) in [5.41, 5.74) is 7.13. The number of nitrogens with one attached hydrogen (secondary N) is 1. The van der Waals surface area contributed by atoms with Crippen molar-refractivity contribution in [2.24, 2.45) is 5.73 Å². The average Bonchev–Trinajstić information content (AvgIpc) is 2.49. The summed E-state index contributed by atoms with van der Waals surface area (Å²) in [6.45, 7) is 0. The molecule has 104 valence electrons. The molecular weight excluding hydrogens is 276 g/mol. The fourth-order valence-corrected chi connectivity index (χ4v) is 1.91. The molecule has 0 unspecified atom stereocenters. The van der Waals surface area contributed by atoms with Gasteiger partial charge in [0.05, 0.1) is 17.8 Å². The number of benzene rings is 2. The number of carbonyl (C=O) groups excluding carboxylic acids is 1. The highest BCUT2D eigenvalue weighted by Gasteiger charge is 2.16. The van der Waals surface area contributed by atoms with Gasteiger partial charge in [0.2, 0.25) is 5.91 Å². The Hall–Kier alpha value is -2.04. The summed E-state index contributed by atoms with van der Waals surface area (Å²) < 4.78 is 5.10. The fraction of sp³-hybridized carbons (Fsp3) is 0.133. The Morgan fingerprint density at radius 1 is 1.25 bits per heavy atom. The number of hydrogen-bond donors (Lipinski definition) is 2. The van der Waals surface area contributed by atoms with Crippen LogP contribution >= 0.6 is 11.6 Å². The van der Waals surface area contributed by atoms with Crippen LogP contribution in [-0.2, 0) is 4.79 Å². The summed E-state index contributed by atoms with van der Waals surface area (Å²) in [6.07, 6.45) is 0. The molecule has 5 heteroatoms. The van der Waals surface area contributed by atoms with Gasteiger partial charge in [0, 0.05) is 6.07 Å². The van der Waals surface area contributed by atoms with Crippen LogP contribution in [0.15, 0.2) is 48.5 Å². The second-order valence-electron chi connectivity index (χ2n) is 4.22. The average molecular weight is 291 g/mol. The molecule has 2 aromatic rings. The molecule has 1 amide bonds. The lowest BCUT2D eigenvalue weighted by molar-refractivity contribution is -0.117. The van der Waals surface area contributed by atoms with E-state index in [9.17, 15) is 4.79 Å². The number of halogens is 1. The maximum Gasteiger partial charge on any atom is 0.245 e. The first-order chi connectivity index (χ1) is 9.61.